The number of carbonyl (C=O) groups is 2. The number of aliphatic hydroxyl groups excluding tert-OH is 1. The van der Waals surface area contributed by atoms with Crippen LogP contribution < -0.4 is 15.4 Å². The van der Waals surface area contributed by atoms with Crippen LogP contribution in [-0.4, -0.2) is 41.5 Å². The number of aryl methyl sites for hydroxylation is 1. The molecule has 0 spiro atoms. The van der Waals surface area contributed by atoms with Gasteiger partial charge in [-0.2, -0.15) is 0 Å². The molecule has 2 atom stereocenters. The zero-order valence-corrected chi connectivity index (χ0v) is 11.5. The molecule has 0 bridgehead atoms. The van der Waals surface area contributed by atoms with Gasteiger partial charge in [-0.25, -0.2) is 9.59 Å². The minimum atomic E-state index is -1.38. The van der Waals surface area contributed by atoms with Crippen LogP contribution in [0.25, 0.3) is 0 Å². The number of ether oxygens (including phenoxy) is 1. The van der Waals surface area contributed by atoms with Crippen molar-refractivity contribution in [1.82, 2.24) is 5.32 Å². The second-order valence-electron chi connectivity index (χ2n) is 4.36. The van der Waals surface area contributed by atoms with Crippen molar-refractivity contribution in [3.8, 4) is 5.75 Å². The number of carboxylic acids is 1. The van der Waals surface area contributed by atoms with Crippen molar-refractivity contribution in [2.75, 3.05) is 12.4 Å². The molecule has 0 aromatic heterocycles. The standard InChI is InChI=1S/C13H18N2O5/c1-7-4-5-10(20-3)9(6-7)14-13(19)15-11(8(2)16)12(17)18/h4-6,8,11,16H,1-3H3,(H,17,18)(H2,14,15,19)/t8-,11+/m1/s1. The van der Waals surface area contributed by atoms with Crippen molar-refractivity contribution in [2.45, 2.75) is 26.0 Å². The lowest BCUT2D eigenvalue weighted by molar-refractivity contribution is -0.141. The average Bonchev–Trinajstić information content (AvgIpc) is 2.35. The second kappa shape index (κ2) is 6.76. The van der Waals surface area contributed by atoms with Gasteiger partial charge in [-0.15, -0.1) is 0 Å². The Kier molecular flexibility index (Phi) is 5.33. The van der Waals surface area contributed by atoms with E-state index in [0.717, 1.165) is 5.56 Å². The van der Waals surface area contributed by atoms with Gasteiger partial charge in [-0.1, -0.05) is 6.07 Å². The number of hydrogen-bond donors (Lipinski definition) is 4. The van der Waals surface area contributed by atoms with E-state index in [4.69, 9.17) is 9.84 Å². The predicted octanol–water partition coefficient (Wildman–Crippen LogP) is 0.959. The molecule has 0 unspecified atom stereocenters. The molecule has 1 rings (SSSR count). The van der Waals surface area contributed by atoms with Crippen molar-refractivity contribution in [3.63, 3.8) is 0 Å². The molecule has 110 valence electrons. The number of anilines is 1. The molecular formula is C13H18N2O5. The summed E-state index contributed by atoms with van der Waals surface area (Å²) in [4.78, 5) is 22.6. The molecular weight excluding hydrogens is 264 g/mol. The molecule has 1 aromatic rings. The summed E-state index contributed by atoms with van der Waals surface area (Å²) in [5.41, 5.74) is 1.33. The Morgan fingerprint density at radius 1 is 1.35 bits per heavy atom. The smallest absolute Gasteiger partial charge is 0.328 e. The number of aliphatic hydroxyl groups is 1. The molecule has 0 saturated heterocycles. The molecule has 0 radical (unpaired) electrons. The lowest BCUT2D eigenvalue weighted by Crippen LogP contribution is -2.49. The van der Waals surface area contributed by atoms with E-state index in [1.807, 2.05) is 13.0 Å². The molecule has 0 saturated carbocycles. The van der Waals surface area contributed by atoms with Crippen LogP contribution in [0, 0.1) is 6.92 Å². The van der Waals surface area contributed by atoms with Crippen molar-refractivity contribution in [2.24, 2.45) is 0 Å². The first-order valence-electron chi connectivity index (χ1n) is 5.98. The molecule has 4 N–H and O–H groups in total. The number of amides is 2. The number of aliphatic carboxylic acids is 1. The molecule has 0 heterocycles. The van der Waals surface area contributed by atoms with Gasteiger partial charge in [0.15, 0.2) is 6.04 Å². The third-order valence-electron chi connectivity index (χ3n) is 2.64. The lowest BCUT2D eigenvalue weighted by atomic mass is 10.2. The van der Waals surface area contributed by atoms with Crippen LogP contribution in [0.5, 0.6) is 5.75 Å². The summed E-state index contributed by atoms with van der Waals surface area (Å²) in [7, 11) is 1.46. The Morgan fingerprint density at radius 3 is 2.50 bits per heavy atom. The van der Waals surface area contributed by atoms with Gasteiger partial charge in [0, 0.05) is 0 Å². The first kappa shape index (κ1) is 15.8. The van der Waals surface area contributed by atoms with Gasteiger partial charge in [0.05, 0.1) is 18.9 Å². The van der Waals surface area contributed by atoms with Gasteiger partial charge >= 0.3 is 12.0 Å². The fourth-order valence-corrected chi connectivity index (χ4v) is 1.61. The van der Waals surface area contributed by atoms with Crippen molar-refractivity contribution >= 4 is 17.7 Å². The van der Waals surface area contributed by atoms with Gasteiger partial charge in [0.25, 0.3) is 0 Å². The van der Waals surface area contributed by atoms with Crippen LogP contribution in [0.1, 0.15) is 12.5 Å². The van der Waals surface area contributed by atoms with Crippen LogP contribution in [0.2, 0.25) is 0 Å². The van der Waals surface area contributed by atoms with Gasteiger partial charge in [-0.05, 0) is 31.5 Å². The minimum absolute atomic E-state index is 0.416. The van der Waals surface area contributed by atoms with Crippen LogP contribution in [-0.2, 0) is 4.79 Å². The number of benzene rings is 1. The van der Waals surface area contributed by atoms with E-state index in [1.54, 1.807) is 12.1 Å². The molecule has 0 aliphatic carbocycles. The quantitative estimate of drug-likeness (QED) is 0.643. The first-order valence-corrected chi connectivity index (χ1v) is 5.98. The topological polar surface area (TPSA) is 108 Å². The molecule has 1 aromatic carbocycles. The Bertz CT molecular complexity index is 502. The summed E-state index contributed by atoms with van der Waals surface area (Å²) >= 11 is 0. The van der Waals surface area contributed by atoms with E-state index in [0.29, 0.717) is 11.4 Å². The Morgan fingerprint density at radius 2 is 2.00 bits per heavy atom. The molecule has 20 heavy (non-hydrogen) atoms. The summed E-state index contributed by atoms with van der Waals surface area (Å²) in [5.74, 6) is -0.860. The zero-order chi connectivity index (χ0) is 15.3. The van der Waals surface area contributed by atoms with Crippen LogP contribution in [0.3, 0.4) is 0 Å². The first-order chi connectivity index (χ1) is 9.35. The van der Waals surface area contributed by atoms with Gasteiger partial charge in [0.1, 0.15) is 5.75 Å². The Balaban J connectivity index is 2.80. The van der Waals surface area contributed by atoms with Crippen molar-refractivity contribution < 1.29 is 24.5 Å². The fraction of sp³-hybridized carbons (Fsp3) is 0.385. The molecule has 0 aliphatic rings. The maximum atomic E-state index is 11.8. The number of hydrogen-bond acceptors (Lipinski definition) is 4. The number of nitrogens with one attached hydrogen (secondary N) is 2. The summed E-state index contributed by atoms with van der Waals surface area (Å²) in [6.07, 6.45) is -1.21. The zero-order valence-electron chi connectivity index (χ0n) is 11.5. The third kappa shape index (κ3) is 4.13. The van der Waals surface area contributed by atoms with Crippen LogP contribution >= 0.6 is 0 Å². The maximum absolute atomic E-state index is 11.8. The Hall–Kier alpha value is -2.28. The fourth-order valence-electron chi connectivity index (χ4n) is 1.61. The van der Waals surface area contributed by atoms with Gasteiger partial charge in [-0.3, -0.25) is 0 Å². The van der Waals surface area contributed by atoms with Crippen LogP contribution in [0.4, 0.5) is 10.5 Å². The van der Waals surface area contributed by atoms with E-state index in [-0.39, 0.29) is 0 Å². The maximum Gasteiger partial charge on any atom is 0.328 e. The number of carboxylic acid groups (broad SMARTS) is 1. The van der Waals surface area contributed by atoms with Crippen molar-refractivity contribution in [3.05, 3.63) is 23.8 Å². The summed E-state index contributed by atoms with van der Waals surface area (Å²) in [5, 5.41) is 22.8. The highest BCUT2D eigenvalue weighted by molar-refractivity contribution is 5.93. The highest BCUT2D eigenvalue weighted by Gasteiger charge is 2.25. The highest BCUT2D eigenvalue weighted by atomic mass is 16.5. The number of carbonyl (C=O) groups excluding carboxylic acids is 1. The summed E-state index contributed by atoms with van der Waals surface area (Å²) < 4.78 is 5.09. The van der Waals surface area contributed by atoms with E-state index in [2.05, 4.69) is 10.6 Å². The largest absolute Gasteiger partial charge is 0.495 e. The van der Waals surface area contributed by atoms with Crippen LogP contribution in [0.15, 0.2) is 18.2 Å². The normalized spacial score (nSPS) is 13.2. The number of methoxy groups -OCH3 is 1. The molecule has 7 heteroatoms. The van der Waals surface area contributed by atoms with Gasteiger partial charge in [0.2, 0.25) is 0 Å². The van der Waals surface area contributed by atoms with E-state index < -0.39 is 24.1 Å². The molecule has 7 nitrogen and oxygen atoms in total. The third-order valence-corrected chi connectivity index (χ3v) is 2.64. The second-order valence-corrected chi connectivity index (χ2v) is 4.36. The molecule has 0 aliphatic heterocycles. The average molecular weight is 282 g/mol. The van der Waals surface area contributed by atoms with E-state index in [1.165, 1.54) is 14.0 Å². The Labute approximate surface area is 116 Å². The van der Waals surface area contributed by atoms with Crippen molar-refractivity contribution in [1.29, 1.82) is 0 Å². The van der Waals surface area contributed by atoms with E-state index in [9.17, 15) is 14.7 Å². The SMILES string of the molecule is COc1ccc(C)cc1NC(=O)N[C@H](C(=O)O)[C@@H](C)O. The molecule has 0 fully saturated rings. The van der Waals surface area contributed by atoms with E-state index >= 15 is 0 Å². The molecule has 2 amide bonds. The summed E-state index contributed by atoms with van der Waals surface area (Å²) in [6.45, 7) is 3.13. The minimum Gasteiger partial charge on any atom is -0.495 e. The lowest BCUT2D eigenvalue weighted by Gasteiger charge is -2.18. The number of rotatable bonds is 5. The predicted molar refractivity (Wildman–Crippen MR) is 73.0 cm³/mol. The number of urea groups is 1. The highest BCUT2D eigenvalue weighted by Crippen LogP contribution is 2.24. The summed E-state index contributed by atoms with van der Waals surface area (Å²) in [6, 6.07) is 3.08. The monoisotopic (exact) mass is 282 g/mol. The van der Waals surface area contributed by atoms with Gasteiger partial charge < -0.3 is 25.6 Å².